The van der Waals surface area contributed by atoms with E-state index in [0.29, 0.717) is 0 Å². The minimum atomic E-state index is -1.13. The van der Waals surface area contributed by atoms with Crippen LogP contribution in [0.3, 0.4) is 0 Å². The zero-order valence-electron chi connectivity index (χ0n) is 18.6. The average molecular weight is 423 g/mol. The molecular formula is C22H34N2O6. The number of benzene rings is 1. The molecule has 3 N–H and O–H groups in total. The maximum atomic E-state index is 12.9. The van der Waals surface area contributed by atoms with Gasteiger partial charge in [0.1, 0.15) is 18.7 Å². The van der Waals surface area contributed by atoms with E-state index >= 15 is 0 Å². The lowest BCUT2D eigenvalue weighted by Crippen LogP contribution is -2.57. The van der Waals surface area contributed by atoms with E-state index in [1.165, 1.54) is 0 Å². The van der Waals surface area contributed by atoms with Crippen molar-refractivity contribution in [1.29, 1.82) is 0 Å². The SMILES string of the molecule is CC(C)C[C@H](NC(=O)[C@@H](NC(=O)OCc1ccccc1)[C@@H](C)OC(C)(C)C)C(=O)O. The number of nitrogens with one attached hydrogen (secondary N) is 2. The zero-order valence-corrected chi connectivity index (χ0v) is 18.6. The van der Waals surface area contributed by atoms with Crippen LogP contribution in [-0.2, 0) is 25.7 Å². The molecule has 8 heteroatoms. The molecule has 0 unspecified atom stereocenters. The van der Waals surface area contributed by atoms with Crippen LogP contribution in [0.15, 0.2) is 30.3 Å². The van der Waals surface area contributed by atoms with Gasteiger partial charge >= 0.3 is 12.1 Å². The van der Waals surface area contributed by atoms with Crippen molar-refractivity contribution in [2.45, 2.75) is 78.4 Å². The summed E-state index contributed by atoms with van der Waals surface area (Å²) in [5.41, 5.74) is 0.230. The Morgan fingerprint density at radius 1 is 1.03 bits per heavy atom. The van der Waals surface area contributed by atoms with Gasteiger partial charge < -0.3 is 25.2 Å². The Kier molecular flexibility index (Phi) is 9.78. The van der Waals surface area contributed by atoms with Gasteiger partial charge in [0.15, 0.2) is 0 Å². The second-order valence-corrected chi connectivity index (χ2v) is 8.65. The fourth-order valence-corrected chi connectivity index (χ4v) is 2.87. The quantitative estimate of drug-likeness (QED) is 0.534. The number of carboxylic acid groups (broad SMARTS) is 1. The summed E-state index contributed by atoms with van der Waals surface area (Å²) in [5.74, 6) is -1.71. The highest BCUT2D eigenvalue weighted by Gasteiger charge is 2.33. The Bertz CT molecular complexity index is 699. The van der Waals surface area contributed by atoms with Crippen LogP contribution in [0.5, 0.6) is 0 Å². The van der Waals surface area contributed by atoms with Crippen LogP contribution in [0.25, 0.3) is 0 Å². The number of hydrogen-bond donors (Lipinski definition) is 3. The summed E-state index contributed by atoms with van der Waals surface area (Å²) in [6, 6.07) is 6.94. The minimum absolute atomic E-state index is 0.0423. The monoisotopic (exact) mass is 422 g/mol. The van der Waals surface area contributed by atoms with Gasteiger partial charge in [-0.25, -0.2) is 9.59 Å². The van der Waals surface area contributed by atoms with Gasteiger partial charge in [0.2, 0.25) is 5.91 Å². The Hall–Kier alpha value is -2.61. The molecule has 3 atom stereocenters. The summed E-state index contributed by atoms with van der Waals surface area (Å²) in [6.07, 6.45) is -1.25. The van der Waals surface area contributed by atoms with E-state index in [2.05, 4.69) is 10.6 Å². The van der Waals surface area contributed by atoms with Gasteiger partial charge in [-0.05, 0) is 45.6 Å². The Morgan fingerprint density at radius 2 is 1.63 bits per heavy atom. The van der Waals surface area contributed by atoms with Gasteiger partial charge in [0.25, 0.3) is 0 Å². The van der Waals surface area contributed by atoms with Crippen LogP contribution in [0.1, 0.15) is 53.5 Å². The number of ether oxygens (including phenoxy) is 2. The van der Waals surface area contributed by atoms with E-state index in [4.69, 9.17) is 9.47 Å². The first-order valence-electron chi connectivity index (χ1n) is 10.1. The van der Waals surface area contributed by atoms with Crippen molar-refractivity contribution in [3.63, 3.8) is 0 Å². The molecule has 0 saturated carbocycles. The van der Waals surface area contributed by atoms with Crippen LogP contribution in [0.4, 0.5) is 4.79 Å². The normalized spacial score (nSPS) is 14.5. The molecule has 168 valence electrons. The number of carbonyl (C=O) groups is 3. The molecule has 8 nitrogen and oxygen atoms in total. The number of rotatable bonds is 10. The second-order valence-electron chi connectivity index (χ2n) is 8.65. The van der Waals surface area contributed by atoms with Crippen molar-refractivity contribution < 1.29 is 29.0 Å². The third-order valence-electron chi connectivity index (χ3n) is 4.10. The molecule has 0 aliphatic heterocycles. The van der Waals surface area contributed by atoms with E-state index in [-0.39, 0.29) is 18.9 Å². The van der Waals surface area contributed by atoms with Gasteiger partial charge in [-0.3, -0.25) is 4.79 Å². The molecule has 0 aliphatic rings. The van der Waals surface area contributed by atoms with Crippen molar-refractivity contribution in [2.24, 2.45) is 5.92 Å². The van der Waals surface area contributed by atoms with Crippen LogP contribution in [0, 0.1) is 5.92 Å². The summed E-state index contributed by atoms with van der Waals surface area (Å²) >= 11 is 0. The number of carbonyl (C=O) groups excluding carboxylic acids is 2. The first kappa shape index (κ1) is 25.4. The van der Waals surface area contributed by atoms with E-state index < -0.39 is 41.8 Å². The van der Waals surface area contributed by atoms with Crippen molar-refractivity contribution >= 4 is 18.0 Å². The van der Waals surface area contributed by atoms with Crippen LogP contribution in [-0.4, -0.2) is 46.9 Å². The highest BCUT2D eigenvalue weighted by atomic mass is 16.6. The molecule has 1 aromatic carbocycles. The summed E-state index contributed by atoms with van der Waals surface area (Å²) in [7, 11) is 0. The van der Waals surface area contributed by atoms with Gasteiger partial charge in [-0.2, -0.15) is 0 Å². The van der Waals surface area contributed by atoms with E-state index in [9.17, 15) is 19.5 Å². The number of carboxylic acids is 1. The molecule has 0 spiro atoms. The van der Waals surface area contributed by atoms with Gasteiger partial charge in [0.05, 0.1) is 11.7 Å². The summed E-state index contributed by atoms with van der Waals surface area (Å²) < 4.78 is 11.0. The first-order chi connectivity index (χ1) is 13.9. The van der Waals surface area contributed by atoms with E-state index in [0.717, 1.165) is 5.56 Å². The predicted molar refractivity (Wildman–Crippen MR) is 113 cm³/mol. The molecular weight excluding hydrogens is 388 g/mol. The van der Waals surface area contributed by atoms with Crippen LogP contribution >= 0.6 is 0 Å². The van der Waals surface area contributed by atoms with Crippen molar-refractivity contribution in [1.82, 2.24) is 10.6 Å². The molecule has 0 fully saturated rings. The minimum Gasteiger partial charge on any atom is -0.480 e. The largest absolute Gasteiger partial charge is 0.480 e. The van der Waals surface area contributed by atoms with Gasteiger partial charge in [-0.1, -0.05) is 44.2 Å². The van der Waals surface area contributed by atoms with Crippen molar-refractivity contribution in [3.05, 3.63) is 35.9 Å². The fraction of sp³-hybridized carbons (Fsp3) is 0.591. The first-order valence-corrected chi connectivity index (χ1v) is 10.1. The van der Waals surface area contributed by atoms with Crippen molar-refractivity contribution in [3.8, 4) is 0 Å². The summed E-state index contributed by atoms with van der Waals surface area (Å²) in [6.45, 7) is 10.9. The molecule has 0 aromatic heterocycles. The molecule has 1 aromatic rings. The second kappa shape index (κ2) is 11.5. The van der Waals surface area contributed by atoms with Crippen LogP contribution < -0.4 is 10.6 Å². The molecule has 0 radical (unpaired) electrons. The summed E-state index contributed by atoms with van der Waals surface area (Å²) in [5, 5.41) is 14.4. The lowest BCUT2D eigenvalue weighted by Gasteiger charge is -2.31. The van der Waals surface area contributed by atoms with Crippen LogP contribution in [0.2, 0.25) is 0 Å². The number of amides is 2. The standard InChI is InChI=1S/C22H34N2O6/c1-14(2)12-17(20(26)27)23-19(25)18(15(3)30-22(4,5)6)24-21(28)29-13-16-10-8-7-9-11-16/h7-11,14-15,17-18H,12-13H2,1-6H3,(H,23,25)(H,24,28)(H,26,27)/t15-,17+,18+/m1/s1. The molecule has 2 amide bonds. The fourth-order valence-electron chi connectivity index (χ4n) is 2.87. The average Bonchev–Trinajstić information content (AvgIpc) is 2.62. The van der Waals surface area contributed by atoms with Gasteiger partial charge in [0, 0.05) is 0 Å². The number of alkyl carbamates (subject to hydrolysis) is 1. The molecule has 1 rings (SSSR count). The molecule has 0 heterocycles. The smallest absolute Gasteiger partial charge is 0.408 e. The van der Waals surface area contributed by atoms with E-state index in [1.54, 1.807) is 6.92 Å². The predicted octanol–water partition coefficient (Wildman–Crippen LogP) is 3.10. The maximum Gasteiger partial charge on any atom is 0.408 e. The lowest BCUT2D eigenvalue weighted by molar-refractivity contribution is -0.144. The highest BCUT2D eigenvalue weighted by molar-refractivity contribution is 5.89. The Labute approximate surface area is 178 Å². The third-order valence-corrected chi connectivity index (χ3v) is 4.10. The Balaban J connectivity index is 2.87. The lowest BCUT2D eigenvalue weighted by atomic mass is 10.0. The molecule has 0 aliphatic carbocycles. The third kappa shape index (κ3) is 9.73. The zero-order chi connectivity index (χ0) is 22.9. The topological polar surface area (TPSA) is 114 Å². The number of aliphatic carboxylic acids is 1. The summed E-state index contributed by atoms with van der Waals surface area (Å²) in [4.78, 5) is 36.7. The molecule has 0 bridgehead atoms. The van der Waals surface area contributed by atoms with Gasteiger partial charge in [-0.15, -0.1) is 0 Å². The molecule has 30 heavy (non-hydrogen) atoms. The van der Waals surface area contributed by atoms with E-state index in [1.807, 2.05) is 65.0 Å². The molecule has 0 saturated heterocycles. The highest BCUT2D eigenvalue weighted by Crippen LogP contribution is 2.14. The number of hydrogen-bond acceptors (Lipinski definition) is 5. The van der Waals surface area contributed by atoms with Crippen molar-refractivity contribution in [2.75, 3.05) is 0 Å². The maximum absolute atomic E-state index is 12.9. The Morgan fingerprint density at radius 3 is 2.13 bits per heavy atom.